The van der Waals surface area contributed by atoms with E-state index in [9.17, 15) is 22.4 Å². The molecule has 0 radical (unpaired) electrons. The van der Waals surface area contributed by atoms with Crippen LogP contribution in [0.1, 0.15) is 30.9 Å². The number of carbonyl (C=O) groups is 2. The monoisotopic (exact) mass is 569 g/mol. The van der Waals surface area contributed by atoms with E-state index < -0.39 is 21.9 Å². The van der Waals surface area contributed by atoms with Gasteiger partial charge in [-0.3, -0.25) is 13.9 Å². The quantitative estimate of drug-likeness (QED) is 0.315. The highest BCUT2D eigenvalue weighted by atomic mass is 32.2. The lowest BCUT2D eigenvalue weighted by Gasteiger charge is -2.32. The Morgan fingerprint density at radius 1 is 0.975 bits per heavy atom. The second-order valence-electron chi connectivity index (χ2n) is 9.39. The average Bonchev–Trinajstić information content (AvgIpc) is 2.94. The molecule has 0 saturated carbocycles. The Labute approximate surface area is 235 Å². The van der Waals surface area contributed by atoms with Gasteiger partial charge in [-0.1, -0.05) is 48.5 Å². The molecule has 3 rings (SSSR count). The molecule has 0 spiro atoms. The molecule has 8 nitrogen and oxygen atoms in total. The summed E-state index contributed by atoms with van der Waals surface area (Å²) in [6.07, 6.45) is 1.62. The lowest BCUT2D eigenvalue weighted by atomic mass is 10.0. The zero-order valence-corrected chi connectivity index (χ0v) is 23.9. The summed E-state index contributed by atoms with van der Waals surface area (Å²) in [6, 6.07) is 21.1. The van der Waals surface area contributed by atoms with E-state index in [1.165, 1.54) is 28.4 Å². The summed E-state index contributed by atoms with van der Waals surface area (Å²) in [5.41, 5.74) is 1.99. The summed E-state index contributed by atoms with van der Waals surface area (Å²) in [6.45, 7) is 2.36. The number of nitrogens with one attached hydrogen (secondary N) is 1. The number of amides is 2. The van der Waals surface area contributed by atoms with Crippen molar-refractivity contribution in [3.8, 4) is 5.75 Å². The number of rotatable bonds is 14. The molecule has 0 aromatic heterocycles. The van der Waals surface area contributed by atoms with Crippen LogP contribution in [-0.2, 0) is 32.6 Å². The first-order valence-corrected chi connectivity index (χ1v) is 14.9. The van der Waals surface area contributed by atoms with Gasteiger partial charge in [-0.15, -0.1) is 0 Å². The highest BCUT2D eigenvalue weighted by Gasteiger charge is 2.30. The standard InChI is InChI=1S/C30H36FN3O5S/c1-4-32-30(36)28(20-23-10-6-5-7-11-23)33(22-24-15-17-25(31)18-16-24)29(35)14-9-19-34(40(3,37)38)26-12-8-13-27(21-26)39-2/h5-8,10-13,15-18,21,28H,4,9,14,19-20,22H2,1-3H3,(H,32,36)/t28-/m0/s1. The Morgan fingerprint density at radius 2 is 1.68 bits per heavy atom. The van der Waals surface area contributed by atoms with Crippen LogP contribution in [0.25, 0.3) is 0 Å². The number of carbonyl (C=O) groups excluding carboxylic acids is 2. The largest absolute Gasteiger partial charge is 0.497 e. The zero-order chi connectivity index (χ0) is 29.1. The third-order valence-electron chi connectivity index (χ3n) is 6.38. The molecule has 0 bridgehead atoms. The molecule has 0 aliphatic rings. The van der Waals surface area contributed by atoms with E-state index in [2.05, 4.69) is 5.32 Å². The number of halogens is 1. The van der Waals surface area contributed by atoms with Crippen LogP contribution >= 0.6 is 0 Å². The van der Waals surface area contributed by atoms with Crippen molar-refractivity contribution in [1.29, 1.82) is 0 Å². The molecule has 0 heterocycles. The van der Waals surface area contributed by atoms with E-state index in [0.717, 1.165) is 11.8 Å². The van der Waals surface area contributed by atoms with Crippen molar-refractivity contribution in [3.63, 3.8) is 0 Å². The van der Waals surface area contributed by atoms with Gasteiger partial charge in [0.25, 0.3) is 0 Å². The summed E-state index contributed by atoms with van der Waals surface area (Å²) < 4.78 is 45.2. The molecule has 3 aromatic rings. The first-order valence-electron chi connectivity index (χ1n) is 13.1. The van der Waals surface area contributed by atoms with Gasteiger partial charge in [0, 0.05) is 38.5 Å². The van der Waals surface area contributed by atoms with Gasteiger partial charge in [0.05, 0.1) is 19.1 Å². The fourth-order valence-electron chi connectivity index (χ4n) is 4.40. The number of sulfonamides is 1. The SMILES string of the molecule is CCNC(=O)[C@H](Cc1ccccc1)N(Cc1ccc(F)cc1)C(=O)CCCN(c1cccc(OC)c1)S(C)(=O)=O. The Hall–Kier alpha value is -3.92. The van der Waals surface area contributed by atoms with E-state index in [0.29, 0.717) is 30.0 Å². The van der Waals surface area contributed by atoms with Crippen molar-refractivity contribution >= 4 is 27.5 Å². The lowest BCUT2D eigenvalue weighted by molar-refractivity contribution is -0.141. The molecule has 214 valence electrons. The van der Waals surface area contributed by atoms with Crippen molar-refractivity contribution in [2.75, 3.05) is 30.8 Å². The smallest absolute Gasteiger partial charge is 0.243 e. The molecule has 1 atom stereocenters. The van der Waals surface area contributed by atoms with Crippen molar-refractivity contribution in [2.45, 2.75) is 38.8 Å². The number of anilines is 1. The molecule has 2 amide bonds. The third kappa shape index (κ3) is 8.81. The van der Waals surface area contributed by atoms with Gasteiger partial charge >= 0.3 is 0 Å². The minimum absolute atomic E-state index is 0.00186. The molecule has 0 saturated heterocycles. The van der Waals surface area contributed by atoms with Crippen molar-refractivity contribution in [2.24, 2.45) is 0 Å². The molecule has 0 fully saturated rings. The minimum atomic E-state index is -3.64. The number of hydrogen-bond donors (Lipinski definition) is 1. The number of likely N-dealkylation sites (N-methyl/N-ethyl adjacent to an activating group) is 1. The molecular formula is C30H36FN3O5S. The molecule has 1 N–H and O–H groups in total. The predicted molar refractivity (Wildman–Crippen MR) is 154 cm³/mol. The fourth-order valence-corrected chi connectivity index (χ4v) is 5.36. The zero-order valence-electron chi connectivity index (χ0n) is 23.0. The van der Waals surface area contributed by atoms with Crippen molar-refractivity contribution < 1.29 is 27.1 Å². The summed E-state index contributed by atoms with van der Waals surface area (Å²) in [5, 5.41) is 2.83. The van der Waals surface area contributed by atoms with Crippen molar-refractivity contribution in [3.05, 3.63) is 95.8 Å². The maximum Gasteiger partial charge on any atom is 0.243 e. The van der Waals surface area contributed by atoms with Crippen LogP contribution in [0.15, 0.2) is 78.9 Å². The lowest BCUT2D eigenvalue weighted by Crippen LogP contribution is -2.50. The number of benzene rings is 3. The van der Waals surface area contributed by atoms with E-state index in [1.54, 1.807) is 36.4 Å². The second kappa shape index (κ2) is 14.5. The van der Waals surface area contributed by atoms with Crippen LogP contribution in [0, 0.1) is 5.82 Å². The Balaban J connectivity index is 1.85. The van der Waals surface area contributed by atoms with Crippen LogP contribution in [0.4, 0.5) is 10.1 Å². The minimum Gasteiger partial charge on any atom is -0.497 e. The van der Waals surface area contributed by atoms with Crippen LogP contribution in [0.5, 0.6) is 5.75 Å². The number of ether oxygens (including phenoxy) is 1. The molecular weight excluding hydrogens is 533 g/mol. The molecule has 40 heavy (non-hydrogen) atoms. The molecule has 3 aromatic carbocycles. The Bertz CT molecular complexity index is 1370. The third-order valence-corrected chi connectivity index (χ3v) is 7.58. The van der Waals surface area contributed by atoms with Gasteiger partial charge < -0.3 is 15.0 Å². The molecule has 0 unspecified atom stereocenters. The van der Waals surface area contributed by atoms with E-state index in [1.807, 2.05) is 37.3 Å². The summed E-state index contributed by atoms with van der Waals surface area (Å²) in [5.74, 6) is -0.491. The van der Waals surface area contributed by atoms with Crippen molar-refractivity contribution in [1.82, 2.24) is 10.2 Å². The number of hydrogen-bond acceptors (Lipinski definition) is 5. The van der Waals surface area contributed by atoms with E-state index in [4.69, 9.17) is 4.74 Å². The maximum atomic E-state index is 13.7. The topological polar surface area (TPSA) is 96.0 Å². The second-order valence-corrected chi connectivity index (χ2v) is 11.3. The van der Waals surface area contributed by atoms with Gasteiger partial charge in [0.15, 0.2) is 0 Å². The Morgan fingerprint density at radius 3 is 2.30 bits per heavy atom. The van der Waals surface area contributed by atoms with Crippen LogP contribution in [0.3, 0.4) is 0 Å². The van der Waals surface area contributed by atoms with E-state index >= 15 is 0 Å². The summed E-state index contributed by atoms with van der Waals surface area (Å²) in [4.78, 5) is 28.4. The molecule has 10 heteroatoms. The van der Waals surface area contributed by atoms with Gasteiger partial charge in [-0.05, 0) is 48.7 Å². The normalized spacial score (nSPS) is 11.9. The van der Waals surface area contributed by atoms with Crippen LogP contribution in [0.2, 0.25) is 0 Å². The molecule has 0 aliphatic heterocycles. The van der Waals surface area contributed by atoms with Crippen LogP contribution in [-0.4, -0.2) is 57.6 Å². The van der Waals surface area contributed by atoms with Crippen LogP contribution < -0.4 is 14.4 Å². The number of nitrogens with zero attached hydrogens (tertiary/aromatic N) is 2. The van der Waals surface area contributed by atoms with Gasteiger partial charge in [0.2, 0.25) is 21.8 Å². The van der Waals surface area contributed by atoms with E-state index in [-0.39, 0.29) is 37.7 Å². The predicted octanol–water partition coefficient (Wildman–Crippen LogP) is 4.16. The van der Waals surface area contributed by atoms with Gasteiger partial charge in [-0.25, -0.2) is 12.8 Å². The average molecular weight is 570 g/mol. The molecule has 0 aliphatic carbocycles. The highest BCUT2D eigenvalue weighted by Crippen LogP contribution is 2.24. The summed E-state index contributed by atoms with van der Waals surface area (Å²) >= 11 is 0. The summed E-state index contributed by atoms with van der Waals surface area (Å²) in [7, 11) is -2.14. The number of methoxy groups -OCH3 is 1. The first kappa shape index (κ1) is 30.6. The maximum absolute atomic E-state index is 13.7. The van der Waals surface area contributed by atoms with Gasteiger partial charge in [0.1, 0.15) is 17.6 Å². The fraction of sp³-hybridized carbons (Fsp3) is 0.333. The first-order chi connectivity index (χ1) is 19.1. The van der Waals surface area contributed by atoms with Gasteiger partial charge in [-0.2, -0.15) is 0 Å². The Kier molecular flexibility index (Phi) is 11.1. The highest BCUT2D eigenvalue weighted by molar-refractivity contribution is 7.92.